The van der Waals surface area contributed by atoms with Crippen LogP contribution < -0.4 is 15.0 Å². The van der Waals surface area contributed by atoms with Crippen molar-refractivity contribution in [3.05, 3.63) is 23.8 Å². The summed E-state index contributed by atoms with van der Waals surface area (Å²) >= 11 is 0. The number of nitrogens with zero attached hydrogens (tertiary/aromatic N) is 2. The molecule has 1 heterocycles. The van der Waals surface area contributed by atoms with Crippen molar-refractivity contribution in [3.8, 4) is 5.75 Å². The molecule has 0 atom stereocenters. The summed E-state index contributed by atoms with van der Waals surface area (Å²) in [4.78, 5) is 40.0. The predicted molar refractivity (Wildman–Crippen MR) is 99.3 cm³/mol. The molecule has 1 saturated heterocycles. The van der Waals surface area contributed by atoms with Crippen molar-refractivity contribution in [2.45, 2.75) is 37.6 Å². The molecule has 1 aromatic rings. The van der Waals surface area contributed by atoms with Gasteiger partial charge in [-0.15, -0.1) is 0 Å². The van der Waals surface area contributed by atoms with Gasteiger partial charge in [-0.3, -0.25) is 9.69 Å². The Morgan fingerprint density at radius 1 is 1.26 bits per heavy atom. The number of ether oxygens (including phenoxy) is 1. The second-order valence-electron chi connectivity index (χ2n) is 7.03. The number of carboxylic acids is 1. The molecule has 0 spiro atoms. The van der Waals surface area contributed by atoms with Crippen molar-refractivity contribution in [2.75, 3.05) is 32.1 Å². The van der Waals surface area contributed by atoms with Crippen molar-refractivity contribution in [2.24, 2.45) is 0 Å². The molecule has 3 amide bonds. The highest BCUT2D eigenvalue weighted by Crippen LogP contribution is 2.36. The number of amides is 3. The van der Waals surface area contributed by atoms with Crippen LogP contribution in [-0.4, -0.2) is 60.7 Å². The molecule has 27 heavy (non-hydrogen) atoms. The van der Waals surface area contributed by atoms with Crippen molar-refractivity contribution in [1.82, 2.24) is 10.2 Å². The summed E-state index contributed by atoms with van der Waals surface area (Å²) in [7, 11) is 3.05. The maximum atomic E-state index is 13.1. The lowest BCUT2D eigenvalue weighted by Gasteiger charge is -2.41. The Balaban J connectivity index is 1.94. The van der Waals surface area contributed by atoms with Crippen molar-refractivity contribution < 1.29 is 24.2 Å². The topological polar surface area (TPSA) is 99.2 Å². The highest BCUT2D eigenvalue weighted by molar-refractivity contribution is 6.01. The van der Waals surface area contributed by atoms with Gasteiger partial charge in [0.1, 0.15) is 11.3 Å². The number of likely N-dealkylation sites (N-methyl/N-ethyl adjacent to an activating group) is 1. The van der Waals surface area contributed by atoms with Crippen LogP contribution in [0.25, 0.3) is 0 Å². The predicted octanol–water partition coefficient (Wildman–Crippen LogP) is 2.08. The average Bonchev–Trinajstić information content (AvgIpc) is 3.12. The van der Waals surface area contributed by atoms with Crippen molar-refractivity contribution in [1.29, 1.82) is 0 Å². The molecule has 1 saturated carbocycles. The maximum absolute atomic E-state index is 13.1. The molecule has 0 unspecified atom stereocenters. The maximum Gasteiger partial charge on any atom is 0.329 e. The lowest BCUT2D eigenvalue weighted by Crippen LogP contribution is -2.56. The molecule has 1 aliphatic carbocycles. The fourth-order valence-electron chi connectivity index (χ4n) is 3.95. The van der Waals surface area contributed by atoms with E-state index in [0.717, 1.165) is 19.3 Å². The Hall–Kier alpha value is -2.77. The van der Waals surface area contributed by atoms with E-state index in [1.807, 2.05) is 0 Å². The van der Waals surface area contributed by atoms with Gasteiger partial charge in [0, 0.05) is 25.7 Å². The number of nitrogens with one attached hydrogen (secondary N) is 1. The zero-order chi connectivity index (χ0) is 19.6. The number of carbonyl (C=O) groups is 3. The van der Waals surface area contributed by atoms with Gasteiger partial charge in [0.25, 0.3) is 5.91 Å². The average molecular weight is 375 g/mol. The van der Waals surface area contributed by atoms with Crippen LogP contribution in [0.4, 0.5) is 10.5 Å². The van der Waals surface area contributed by atoms with Crippen LogP contribution in [0.15, 0.2) is 18.2 Å². The second kappa shape index (κ2) is 7.46. The Labute approximate surface area is 158 Å². The molecule has 0 bridgehead atoms. The van der Waals surface area contributed by atoms with Crippen molar-refractivity contribution >= 4 is 23.6 Å². The van der Waals surface area contributed by atoms with E-state index < -0.39 is 11.5 Å². The van der Waals surface area contributed by atoms with E-state index in [-0.39, 0.29) is 11.9 Å². The minimum atomic E-state index is -1.18. The number of methoxy groups -OCH3 is 1. The van der Waals surface area contributed by atoms with Crippen LogP contribution in [0.2, 0.25) is 0 Å². The van der Waals surface area contributed by atoms with Gasteiger partial charge in [0.15, 0.2) is 0 Å². The van der Waals surface area contributed by atoms with Crippen LogP contribution >= 0.6 is 0 Å². The van der Waals surface area contributed by atoms with Crippen molar-refractivity contribution in [3.63, 3.8) is 0 Å². The third-order valence-electron chi connectivity index (χ3n) is 5.60. The fraction of sp³-hybridized carbons (Fsp3) is 0.526. The highest BCUT2D eigenvalue weighted by Gasteiger charge is 2.45. The third kappa shape index (κ3) is 3.31. The van der Waals surface area contributed by atoms with Crippen LogP contribution in [0, 0.1) is 0 Å². The molecule has 0 aromatic heterocycles. The first-order chi connectivity index (χ1) is 12.9. The van der Waals surface area contributed by atoms with E-state index in [1.54, 1.807) is 25.2 Å². The van der Waals surface area contributed by atoms with E-state index in [9.17, 15) is 19.5 Å². The minimum Gasteiger partial charge on any atom is -0.495 e. The Bertz CT molecular complexity index is 758. The summed E-state index contributed by atoms with van der Waals surface area (Å²) in [6, 6.07) is 4.59. The monoisotopic (exact) mass is 375 g/mol. The van der Waals surface area contributed by atoms with Crippen LogP contribution in [0.1, 0.15) is 42.5 Å². The number of anilines is 1. The zero-order valence-corrected chi connectivity index (χ0v) is 15.7. The second-order valence-corrected chi connectivity index (χ2v) is 7.03. The van der Waals surface area contributed by atoms with Gasteiger partial charge in [-0.1, -0.05) is 19.3 Å². The fourth-order valence-corrected chi connectivity index (χ4v) is 3.95. The summed E-state index contributed by atoms with van der Waals surface area (Å²) in [6.07, 6.45) is 3.44. The molecule has 2 aliphatic rings. The quantitative estimate of drug-likeness (QED) is 0.821. The minimum absolute atomic E-state index is 0.249. The first kappa shape index (κ1) is 19.0. The van der Waals surface area contributed by atoms with Gasteiger partial charge in [0.05, 0.1) is 12.8 Å². The molecule has 2 fully saturated rings. The van der Waals surface area contributed by atoms with E-state index in [1.165, 1.54) is 16.9 Å². The third-order valence-corrected chi connectivity index (χ3v) is 5.60. The standard InChI is InChI=1S/C19H25N3O5/c1-21(19(17(24)25)8-4-3-5-9-19)16(23)13-6-7-15(27-2)14(12-13)22-11-10-20-18(22)26/h6-7,12H,3-5,8-11H2,1-2H3,(H,20,26)(H,24,25). The molecule has 1 aromatic carbocycles. The molecular weight excluding hydrogens is 350 g/mol. The number of aliphatic carboxylic acids is 1. The Morgan fingerprint density at radius 2 is 1.96 bits per heavy atom. The summed E-state index contributed by atoms with van der Waals surface area (Å²) in [6.45, 7) is 0.990. The van der Waals surface area contributed by atoms with E-state index in [4.69, 9.17) is 4.74 Å². The lowest BCUT2D eigenvalue weighted by molar-refractivity contribution is -0.151. The van der Waals surface area contributed by atoms with Gasteiger partial charge in [-0.05, 0) is 31.0 Å². The number of urea groups is 1. The molecule has 146 valence electrons. The smallest absolute Gasteiger partial charge is 0.329 e. The van der Waals surface area contributed by atoms with E-state index in [2.05, 4.69) is 5.32 Å². The first-order valence-electron chi connectivity index (χ1n) is 9.15. The van der Waals surface area contributed by atoms with Crippen LogP contribution in [-0.2, 0) is 4.79 Å². The SMILES string of the molecule is COc1ccc(C(=O)N(C)C2(C(=O)O)CCCCC2)cc1N1CCNC1=O. The van der Waals surface area contributed by atoms with E-state index in [0.29, 0.717) is 42.9 Å². The highest BCUT2D eigenvalue weighted by atomic mass is 16.5. The molecule has 2 N–H and O–H groups in total. The van der Waals surface area contributed by atoms with Crippen LogP contribution in [0.5, 0.6) is 5.75 Å². The van der Waals surface area contributed by atoms with Gasteiger partial charge in [0.2, 0.25) is 0 Å². The summed E-state index contributed by atoms with van der Waals surface area (Å²) < 4.78 is 5.33. The zero-order valence-electron chi connectivity index (χ0n) is 15.7. The molecule has 3 rings (SSSR count). The number of carbonyl (C=O) groups excluding carboxylic acids is 2. The van der Waals surface area contributed by atoms with Gasteiger partial charge in [-0.2, -0.15) is 0 Å². The number of carboxylic acid groups (broad SMARTS) is 1. The normalized spacial score (nSPS) is 18.7. The van der Waals surface area contributed by atoms with Gasteiger partial charge in [-0.25, -0.2) is 9.59 Å². The summed E-state index contributed by atoms with van der Waals surface area (Å²) in [5, 5.41) is 12.5. The lowest BCUT2D eigenvalue weighted by atomic mass is 9.80. The van der Waals surface area contributed by atoms with Crippen LogP contribution in [0.3, 0.4) is 0 Å². The summed E-state index contributed by atoms with van der Waals surface area (Å²) in [5.41, 5.74) is -0.348. The Morgan fingerprint density at radius 3 is 2.52 bits per heavy atom. The number of hydrogen-bond donors (Lipinski definition) is 2. The number of benzene rings is 1. The molecule has 0 radical (unpaired) electrons. The van der Waals surface area contributed by atoms with Gasteiger partial charge < -0.3 is 20.1 Å². The largest absolute Gasteiger partial charge is 0.495 e. The molecule has 8 nitrogen and oxygen atoms in total. The Kier molecular flexibility index (Phi) is 5.25. The van der Waals surface area contributed by atoms with E-state index >= 15 is 0 Å². The first-order valence-corrected chi connectivity index (χ1v) is 9.15. The molecule has 1 aliphatic heterocycles. The molecule has 8 heteroatoms. The number of rotatable bonds is 5. The number of hydrogen-bond acceptors (Lipinski definition) is 4. The van der Waals surface area contributed by atoms with Gasteiger partial charge >= 0.3 is 12.0 Å². The molecular formula is C19H25N3O5. The summed E-state index contributed by atoms with van der Waals surface area (Å²) in [5.74, 6) is -0.856.